The van der Waals surface area contributed by atoms with E-state index < -0.39 is 21.6 Å². The van der Waals surface area contributed by atoms with Crippen molar-refractivity contribution >= 4 is 56.2 Å². The Bertz CT molecular complexity index is 835. The van der Waals surface area contributed by atoms with E-state index in [-0.39, 0.29) is 15.9 Å². The smallest absolute Gasteiger partial charge is 0.279 e. The molecule has 0 aliphatic heterocycles. The third-order valence-corrected chi connectivity index (χ3v) is 3.86. The molecule has 0 fully saturated rings. The van der Waals surface area contributed by atoms with Gasteiger partial charge in [0.25, 0.3) is 5.91 Å². The highest BCUT2D eigenvalue weighted by Gasteiger charge is 2.19. The third-order valence-electron chi connectivity index (χ3n) is 2.36. The topological polar surface area (TPSA) is 94.0 Å². The van der Waals surface area contributed by atoms with Gasteiger partial charge in [0, 0.05) is 11.3 Å². The molecule has 22 heavy (non-hydrogen) atoms. The monoisotopic (exact) mass is 382 g/mol. The van der Waals surface area contributed by atoms with Gasteiger partial charge in [0.15, 0.2) is 26.6 Å². The van der Waals surface area contributed by atoms with Crippen LogP contribution in [0.15, 0.2) is 18.2 Å². The van der Waals surface area contributed by atoms with Crippen molar-refractivity contribution < 1.29 is 13.2 Å². The molecule has 0 aliphatic carbocycles. The van der Waals surface area contributed by atoms with Crippen molar-refractivity contribution in [2.24, 2.45) is 0 Å². The molecule has 1 heterocycles. The molecule has 1 N–H and O–H groups in total. The lowest BCUT2D eigenvalue weighted by Gasteiger charge is -2.05. The van der Waals surface area contributed by atoms with Gasteiger partial charge in [0.05, 0.1) is 10.7 Å². The lowest BCUT2D eigenvalue weighted by Crippen LogP contribution is -2.15. The van der Waals surface area contributed by atoms with E-state index in [1.165, 1.54) is 12.1 Å². The van der Waals surface area contributed by atoms with Gasteiger partial charge in [-0.25, -0.2) is 8.42 Å². The fourth-order valence-electron chi connectivity index (χ4n) is 1.51. The summed E-state index contributed by atoms with van der Waals surface area (Å²) >= 11 is 17.5. The molecule has 0 saturated carbocycles. The Morgan fingerprint density at radius 2 is 1.95 bits per heavy atom. The third kappa shape index (κ3) is 4.33. The number of benzene rings is 1. The fraction of sp³-hybridized carbons (Fsp3) is 0.182. The number of amides is 1. The van der Waals surface area contributed by atoms with E-state index in [1.807, 2.05) is 0 Å². The van der Waals surface area contributed by atoms with Crippen molar-refractivity contribution in [3.63, 3.8) is 0 Å². The minimum Gasteiger partial charge on any atom is -0.319 e. The summed E-state index contributed by atoms with van der Waals surface area (Å²) in [6, 6.07) is 4.52. The Balaban J connectivity index is 2.23. The average Bonchev–Trinajstić information content (AvgIpc) is 2.71. The molecule has 1 amide bonds. The highest BCUT2D eigenvalue weighted by atomic mass is 35.5. The first kappa shape index (κ1) is 17.0. The molecule has 2 rings (SSSR count). The van der Waals surface area contributed by atoms with Crippen LogP contribution in [0.2, 0.25) is 15.2 Å². The molecule has 1 aromatic carbocycles. The second kappa shape index (κ2) is 6.41. The molecule has 1 aromatic heterocycles. The Labute approximate surface area is 141 Å². The quantitative estimate of drug-likeness (QED) is 0.875. The molecular formula is C11H9Cl3N4O3S. The van der Waals surface area contributed by atoms with Crippen LogP contribution in [0.3, 0.4) is 0 Å². The Morgan fingerprint density at radius 3 is 2.55 bits per heavy atom. The second-order valence-corrected chi connectivity index (χ2v) is 7.66. The van der Waals surface area contributed by atoms with E-state index in [0.717, 1.165) is 11.1 Å². The maximum Gasteiger partial charge on any atom is 0.279 e. The summed E-state index contributed by atoms with van der Waals surface area (Å²) in [5.41, 5.74) is 0.0983. The average molecular weight is 384 g/mol. The number of hydrogen-bond acceptors (Lipinski definition) is 5. The number of sulfone groups is 1. The Morgan fingerprint density at radius 1 is 1.27 bits per heavy atom. The standard InChI is InChI=1S/C11H9Cl3N4O3S/c1-22(20,21)5-18-16-9(10(14)17-18)11(19)15-8-3-2-6(12)4-7(8)13/h2-4H,5H2,1H3,(H,15,19). The maximum absolute atomic E-state index is 12.1. The number of carbonyl (C=O) groups is 1. The van der Waals surface area contributed by atoms with Crippen LogP contribution in [-0.2, 0) is 15.7 Å². The molecule has 0 unspecified atom stereocenters. The van der Waals surface area contributed by atoms with Crippen molar-refractivity contribution in [2.75, 3.05) is 11.6 Å². The van der Waals surface area contributed by atoms with Crippen LogP contribution in [0.5, 0.6) is 0 Å². The van der Waals surface area contributed by atoms with Crippen LogP contribution < -0.4 is 5.32 Å². The van der Waals surface area contributed by atoms with Crippen molar-refractivity contribution in [1.29, 1.82) is 0 Å². The maximum atomic E-state index is 12.1. The summed E-state index contributed by atoms with van der Waals surface area (Å²) in [4.78, 5) is 12.9. The van der Waals surface area contributed by atoms with Crippen LogP contribution in [0.4, 0.5) is 5.69 Å². The van der Waals surface area contributed by atoms with E-state index in [1.54, 1.807) is 6.07 Å². The van der Waals surface area contributed by atoms with Gasteiger partial charge in [-0.05, 0) is 18.2 Å². The second-order valence-electron chi connectivity index (χ2n) is 4.34. The van der Waals surface area contributed by atoms with E-state index in [2.05, 4.69) is 15.5 Å². The largest absolute Gasteiger partial charge is 0.319 e. The van der Waals surface area contributed by atoms with Gasteiger partial charge in [0.1, 0.15) is 0 Å². The first-order chi connectivity index (χ1) is 10.2. The summed E-state index contributed by atoms with van der Waals surface area (Å²) in [6.07, 6.45) is 1.01. The van der Waals surface area contributed by atoms with Gasteiger partial charge in [-0.1, -0.05) is 34.8 Å². The van der Waals surface area contributed by atoms with Gasteiger partial charge in [-0.15, -0.1) is 10.2 Å². The number of halogens is 3. The zero-order valence-corrected chi connectivity index (χ0v) is 14.1. The summed E-state index contributed by atoms with van der Waals surface area (Å²) in [6.45, 7) is 0. The minimum atomic E-state index is -3.36. The number of aromatic nitrogens is 3. The number of anilines is 1. The molecule has 7 nitrogen and oxygen atoms in total. The highest BCUT2D eigenvalue weighted by Crippen LogP contribution is 2.26. The van der Waals surface area contributed by atoms with Crippen molar-refractivity contribution in [2.45, 2.75) is 5.88 Å². The fourth-order valence-corrected chi connectivity index (χ4v) is 2.71. The molecule has 2 aromatic rings. The minimum absolute atomic E-state index is 0.212. The van der Waals surface area contributed by atoms with Gasteiger partial charge >= 0.3 is 0 Å². The van der Waals surface area contributed by atoms with Crippen LogP contribution in [0.1, 0.15) is 10.5 Å². The lowest BCUT2D eigenvalue weighted by molar-refractivity contribution is 0.102. The molecule has 118 valence electrons. The van der Waals surface area contributed by atoms with Crippen molar-refractivity contribution in [1.82, 2.24) is 15.0 Å². The molecule has 0 bridgehead atoms. The van der Waals surface area contributed by atoms with Gasteiger partial charge in [0.2, 0.25) is 0 Å². The molecule has 0 spiro atoms. The van der Waals surface area contributed by atoms with E-state index in [0.29, 0.717) is 10.7 Å². The molecule has 0 radical (unpaired) electrons. The van der Waals surface area contributed by atoms with Gasteiger partial charge in [-0.3, -0.25) is 4.79 Å². The predicted molar refractivity (Wildman–Crippen MR) is 84.3 cm³/mol. The summed E-state index contributed by atoms with van der Waals surface area (Å²) in [5.74, 6) is -1.16. The van der Waals surface area contributed by atoms with E-state index >= 15 is 0 Å². The predicted octanol–water partition coefficient (Wildman–Crippen LogP) is 2.49. The van der Waals surface area contributed by atoms with Gasteiger partial charge < -0.3 is 5.32 Å². The number of rotatable bonds is 4. The molecule has 0 saturated heterocycles. The lowest BCUT2D eigenvalue weighted by atomic mass is 10.3. The van der Waals surface area contributed by atoms with Crippen molar-refractivity contribution in [3.05, 3.63) is 39.1 Å². The van der Waals surface area contributed by atoms with Crippen LogP contribution in [0, 0.1) is 0 Å². The Kier molecular flexibility index (Phi) is 4.96. The summed E-state index contributed by atoms with van der Waals surface area (Å²) in [7, 11) is -3.36. The van der Waals surface area contributed by atoms with Crippen LogP contribution in [-0.4, -0.2) is 35.6 Å². The van der Waals surface area contributed by atoms with Crippen LogP contribution >= 0.6 is 34.8 Å². The summed E-state index contributed by atoms with van der Waals surface area (Å²) in [5, 5.41) is 10.4. The molecular weight excluding hydrogens is 375 g/mol. The zero-order chi connectivity index (χ0) is 16.5. The van der Waals surface area contributed by atoms with E-state index in [4.69, 9.17) is 34.8 Å². The normalized spacial score (nSPS) is 11.5. The first-order valence-corrected chi connectivity index (χ1v) is 8.90. The van der Waals surface area contributed by atoms with E-state index in [9.17, 15) is 13.2 Å². The van der Waals surface area contributed by atoms with Crippen molar-refractivity contribution in [3.8, 4) is 0 Å². The first-order valence-electron chi connectivity index (χ1n) is 5.70. The van der Waals surface area contributed by atoms with Gasteiger partial charge in [-0.2, -0.15) is 4.80 Å². The summed E-state index contributed by atoms with van der Waals surface area (Å²) < 4.78 is 22.4. The van der Waals surface area contributed by atoms with Crippen LogP contribution in [0.25, 0.3) is 0 Å². The molecule has 0 aliphatic rings. The highest BCUT2D eigenvalue weighted by molar-refractivity contribution is 7.89. The molecule has 0 atom stereocenters. The number of nitrogens with zero attached hydrogens (tertiary/aromatic N) is 3. The Hall–Kier alpha value is -1.35. The zero-order valence-electron chi connectivity index (χ0n) is 11.0. The number of nitrogens with one attached hydrogen (secondary N) is 1. The number of carbonyl (C=O) groups excluding carboxylic acids is 1. The molecule has 11 heteroatoms. The SMILES string of the molecule is CS(=O)(=O)Cn1nc(Cl)c(C(=O)Nc2ccc(Cl)cc2Cl)n1. The number of hydrogen-bond donors (Lipinski definition) is 1.